The number of ketones is 1. The number of hydrogen-bond acceptors (Lipinski definition) is 6. The van der Waals surface area contributed by atoms with Crippen LogP contribution in [0, 0.1) is 17.4 Å². The summed E-state index contributed by atoms with van der Waals surface area (Å²) in [5.41, 5.74) is 2.84. The smallest absolute Gasteiger partial charge is 0.169 e. The summed E-state index contributed by atoms with van der Waals surface area (Å²) in [5, 5.41) is 10.8. The maximum absolute atomic E-state index is 10.9. The van der Waals surface area contributed by atoms with Gasteiger partial charge in [-0.15, -0.1) is 0 Å². The average Bonchev–Trinajstić information content (AvgIpc) is 3.57. The number of halogens is 1. The van der Waals surface area contributed by atoms with Crippen molar-refractivity contribution in [3.8, 4) is 0 Å². The fourth-order valence-corrected chi connectivity index (χ4v) is 5.57. The van der Waals surface area contributed by atoms with Crippen molar-refractivity contribution < 1.29 is 28.8 Å². The summed E-state index contributed by atoms with van der Waals surface area (Å²) in [4.78, 5) is 10.9. The zero-order chi connectivity index (χ0) is 26.4. The molecule has 0 radical (unpaired) electrons. The lowest BCUT2D eigenvalue weighted by atomic mass is 9.77. The zero-order valence-corrected chi connectivity index (χ0v) is 24.1. The molecule has 2 saturated heterocycles. The average molecular weight is 639 g/mol. The lowest BCUT2D eigenvalue weighted by molar-refractivity contribution is -0.204. The molecule has 2 aromatic rings. The Bertz CT molecular complexity index is 965. The molecule has 6 rings (SSSR count). The van der Waals surface area contributed by atoms with E-state index in [0.717, 1.165) is 31.2 Å². The van der Waals surface area contributed by atoms with Crippen LogP contribution in [0.5, 0.6) is 0 Å². The molecule has 2 aliphatic heterocycles. The number of hydrogen-bond donors (Lipinski definition) is 1. The maximum Gasteiger partial charge on any atom is 0.169 e. The van der Waals surface area contributed by atoms with Gasteiger partial charge >= 0.3 is 0 Å². The van der Waals surface area contributed by atoms with Crippen molar-refractivity contribution in [3.63, 3.8) is 0 Å². The highest BCUT2D eigenvalue weighted by Gasteiger charge is 2.46. The first-order valence-electron chi connectivity index (χ1n) is 13.3. The van der Waals surface area contributed by atoms with Crippen molar-refractivity contribution in [2.24, 2.45) is 0 Å². The normalized spacial score (nSPS) is 22.6. The van der Waals surface area contributed by atoms with Gasteiger partial charge in [0.2, 0.25) is 0 Å². The molecule has 0 aromatic heterocycles. The molecule has 7 heteroatoms. The zero-order valence-electron chi connectivity index (χ0n) is 22.0. The Morgan fingerprint density at radius 2 is 1.05 bits per heavy atom. The second-order valence-corrected chi connectivity index (χ2v) is 11.7. The number of ether oxygens (including phenoxy) is 4. The van der Waals surface area contributed by atoms with Gasteiger partial charge in [-0.25, -0.2) is 0 Å². The molecule has 2 aliphatic carbocycles. The predicted molar refractivity (Wildman–Crippen MR) is 157 cm³/mol. The van der Waals surface area contributed by atoms with Crippen molar-refractivity contribution in [1.82, 2.24) is 0 Å². The van der Waals surface area contributed by atoms with E-state index in [1.54, 1.807) is 0 Å². The van der Waals surface area contributed by atoms with Gasteiger partial charge in [0.1, 0.15) is 5.78 Å². The van der Waals surface area contributed by atoms with E-state index in [4.69, 9.17) is 18.9 Å². The van der Waals surface area contributed by atoms with E-state index in [9.17, 15) is 9.90 Å². The van der Waals surface area contributed by atoms with Crippen molar-refractivity contribution >= 4 is 28.4 Å². The molecular formula is C31H43IO6. The van der Waals surface area contributed by atoms with Crippen LogP contribution in [0.1, 0.15) is 75.5 Å². The van der Waals surface area contributed by atoms with E-state index in [1.807, 2.05) is 12.1 Å². The van der Waals surface area contributed by atoms with Gasteiger partial charge in [0.05, 0.1) is 32.0 Å². The van der Waals surface area contributed by atoms with E-state index in [0.29, 0.717) is 57.9 Å². The molecule has 2 aromatic carbocycles. The van der Waals surface area contributed by atoms with Crippen LogP contribution in [0.3, 0.4) is 0 Å². The summed E-state index contributed by atoms with van der Waals surface area (Å²) in [7, 11) is 0. The first-order chi connectivity index (χ1) is 17.7. The largest absolute Gasteiger partial charge is 0.385 e. The quantitative estimate of drug-likeness (QED) is 0.355. The second-order valence-electron chi connectivity index (χ2n) is 10.4. The first kappa shape index (κ1) is 31.2. The molecular weight excluding hydrogens is 595 g/mol. The number of benzene rings is 2. The van der Waals surface area contributed by atoms with Gasteiger partial charge in [-0.3, -0.25) is 4.79 Å². The van der Waals surface area contributed by atoms with E-state index < -0.39 is 11.4 Å². The van der Waals surface area contributed by atoms with Crippen LogP contribution in [-0.2, 0) is 29.3 Å². The van der Waals surface area contributed by atoms with Gasteiger partial charge in [-0.1, -0.05) is 55.0 Å². The van der Waals surface area contributed by atoms with Gasteiger partial charge in [0.15, 0.2) is 11.6 Å². The maximum atomic E-state index is 10.9. The van der Waals surface area contributed by atoms with E-state index >= 15 is 0 Å². The lowest BCUT2D eigenvalue weighted by Crippen LogP contribution is -2.42. The lowest BCUT2D eigenvalue weighted by Gasteiger charge is -2.40. The number of aryl methyl sites for hydroxylation is 2. The van der Waals surface area contributed by atoms with Gasteiger partial charge < -0.3 is 24.1 Å². The van der Waals surface area contributed by atoms with Gasteiger partial charge in [0.25, 0.3) is 0 Å². The fraction of sp³-hybridized carbons (Fsp3) is 0.581. The fourth-order valence-electron chi connectivity index (χ4n) is 5.21. The van der Waals surface area contributed by atoms with Crippen LogP contribution in [0.25, 0.3) is 0 Å². The molecule has 4 aliphatic rings. The SMILES string of the molecule is C.Cc1ccc(C2(O)CCC3(CC2)OCCO3)cc1.Cc1ccc(I)cc1.O=C1CCC2(CC1)OCCO2. The Morgan fingerprint density at radius 3 is 1.47 bits per heavy atom. The van der Waals surface area contributed by atoms with Crippen molar-refractivity contribution in [3.05, 3.63) is 68.8 Å². The van der Waals surface area contributed by atoms with E-state index in [1.165, 1.54) is 14.7 Å². The molecule has 0 unspecified atom stereocenters. The van der Waals surface area contributed by atoms with Crippen LogP contribution < -0.4 is 0 Å². The molecule has 2 saturated carbocycles. The molecule has 6 nitrogen and oxygen atoms in total. The standard InChI is InChI=1S/C15H20O3.C8H12O3.C7H7I.CH4/c1-12-2-4-13(5-3-12)14(16)6-8-15(9-7-14)17-10-11-18-15;9-7-1-3-8(4-2-7)10-5-6-11-8;1-6-2-4-7(8)5-3-6;/h2-5,16H,6-11H2,1H3;1-6H2;2-5H,1H3;1H4. The third-order valence-corrected chi connectivity index (χ3v) is 8.35. The summed E-state index contributed by atoms with van der Waals surface area (Å²) in [6.45, 7) is 6.90. The molecule has 38 heavy (non-hydrogen) atoms. The topological polar surface area (TPSA) is 74.2 Å². The van der Waals surface area contributed by atoms with Gasteiger partial charge in [0, 0.05) is 42.1 Å². The number of carbonyl (C=O) groups excluding carboxylic acids is 1. The highest BCUT2D eigenvalue weighted by molar-refractivity contribution is 14.1. The number of aliphatic hydroxyl groups is 1. The minimum Gasteiger partial charge on any atom is -0.385 e. The summed E-state index contributed by atoms with van der Waals surface area (Å²) < 4.78 is 23.6. The van der Waals surface area contributed by atoms with Crippen LogP contribution in [0.15, 0.2) is 48.5 Å². The van der Waals surface area contributed by atoms with Crippen molar-refractivity contribution in [2.45, 2.75) is 89.8 Å². The van der Waals surface area contributed by atoms with Crippen molar-refractivity contribution in [2.75, 3.05) is 26.4 Å². The Hall–Kier alpha value is -1.36. The highest BCUT2D eigenvalue weighted by atomic mass is 127. The Morgan fingerprint density at radius 1 is 0.658 bits per heavy atom. The molecule has 0 atom stereocenters. The molecule has 2 spiro atoms. The molecule has 0 bridgehead atoms. The number of rotatable bonds is 1. The van der Waals surface area contributed by atoms with E-state index in [-0.39, 0.29) is 13.2 Å². The predicted octanol–water partition coefficient (Wildman–Crippen LogP) is 6.61. The Labute approximate surface area is 241 Å². The summed E-state index contributed by atoms with van der Waals surface area (Å²) in [6.07, 6.45) is 5.72. The minimum absolute atomic E-state index is 0. The van der Waals surface area contributed by atoms with Gasteiger partial charge in [-0.05, 0) is 67.0 Å². The molecule has 2 heterocycles. The van der Waals surface area contributed by atoms with Crippen molar-refractivity contribution in [1.29, 1.82) is 0 Å². The Balaban J connectivity index is 0.000000171. The Kier molecular flexibility index (Phi) is 11.3. The molecule has 1 N–H and O–H groups in total. The molecule has 0 amide bonds. The molecule has 210 valence electrons. The number of Topliss-reactive ketones (excluding diaryl/α,β-unsaturated/α-hetero) is 1. The van der Waals surface area contributed by atoms with Crippen LogP contribution in [-0.4, -0.2) is 48.9 Å². The van der Waals surface area contributed by atoms with Crippen LogP contribution in [0.2, 0.25) is 0 Å². The second kappa shape index (κ2) is 13.8. The third kappa shape index (κ3) is 8.32. The summed E-state index contributed by atoms with van der Waals surface area (Å²) in [6, 6.07) is 16.6. The van der Waals surface area contributed by atoms with Crippen LogP contribution in [0.4, 0.5) is 0 Å². The minimum atomic E-state index is -0.714. The summed E-state index contributed by atoms with van der Waals surface area (Å²) >= 11 is 2.30. The first-order valence-corrected chi connectivity index (χ1v) is 14.4. The molecule has 4 fully saturated rings. The number of carbonyl (C=O) groups is 1. The van der Waals surface area contributed by atoms with Gasteiger partial charge in [-0.2, -0.15) is 0 Å². The monoisotopic (exact) mass is 638 g/mol. The van der Waals surface area contributed by atoms with E-state index in [2.05, 4.69) is 72.8 Å². The summed E-state index contributed by atoms with van der Waals surface area (Å²) in [5.74, 6) is -0.431. The van der Waals surface area contributed by atoms with Crippen LogP contribution >= 0.6 is 22.6 Å². The third-order valence-electron chi connectivity index (χ3n) is 7.64. The highest BCUT2D eigenvalue weighted by Crippen LogP contribution is 2.44.